The lowest BCUT2D eigenvalue weighted by Crippen LogP contribution is -2.50. The van der Waals surface area contributed by atoms with Crippen molar-refractivity contribution in [2.24, 2.45) is 5.92 Å². The molecule has 6 rings (SSSR count). The molecule has 0 saturated carbocycles. The summed E-state index contributed by atoms with van der Waals surface area (Å²) in [5, 5.41) is 15.1. The van der Waals surface area contributed by atoms with E-state index in [1.807, 2.05) is 28.9 Å². The van der Waals surface area contributed by atoms with Crippen LogP contribution in [0.15, 0.2) is 48.9 Å². The van der Waals surface area contributed by atoms with Gasteiger partial charge in [0.1, 0.15) is 6.07 Å². The summed E-state index contributed by atoms with van der Waals surface area (Å²) in [5.41, 5.74) is 3.57. The maximum atomic E-state index is 14.8. The molecule has 2 fully saturated rings. The molecular weight excluding hydrogens is 599 g/mol. The molecule has 2 aliphatic heterocycles. The summed E-state index contributed by atoms with van der Waals surface area (Å²) in [6.45, 7) is 5.84. The van der Waals surface area contributed by atoms with Gasteiger partial charge in [-0.2, -0.15) is 5.26 Å². The van der Waals surface area contributed by atoms with Gasteiger partial charge in [-0.05, 0) is 55.7 Å². The quantitative estimate of drug-likeness (QED) is 0.307. The Morgan fingerprint density at radius 1 is 1.13 bits per heavy atom. The number of piperazine rings is 1. The number of aromatic nitrogens is 3. The number of nitriles is 1. The van der Waals surface area contributed by atoms with Crippen LogP contribution in [0.1, 0.15) is 28.8 Å². The third kappa shape index (κ3) is 6.14. The second kappa shape index (κ2) is 13.1. The average Bonchev–Trinajstić information content (AvgIpc) is 3.50. The van der Waals surface area contributed by atoms with Gasteiger partial charge in [0.25, 0.3) is 5.91 Å². The summed E-state index contributed by atoms with van der Waals surface area (Å²) >= 11 is 6.35. The number of carbonyl (C=O) groups excluding carboxylic acids is 2. The first-order valence-electron chi connectivity index (χ1n) is 14.8. The number of ether oxygens (including phenoxy) is 1. The van der Waals surface area contributed by atoms with E-state index >= 15 is 0 Å². The number of amides is 2. The molecule has 45 heavy (non-hydrogen) atoms. The van der Waals surface area contributed by atoms with Gasteiger partial charge in [0.2, 0.25) is 5.91 Å². The average molecular weight is 631 g/mol. The van der Waals surface area contributed by atoms with Gasteiger partial charge in [0.05, 0.1) is 16.9 Å². The zero-order valence-electron chi connectivity index (χ0n) is 24.7. The van der Waals surface area contributed by atoms with Gasteiger partial charge in [0.15, 0.2) is 29.6 Å². The first kappa shape index (κ1) is 30.3. The van der Waals surface area contributed by atoms with Gasteiger partial charge in [-0.3, -0.25) is 14.0 Å². The Morgan fingerprint density at radius 2 is 1.91 bits per heavy atom. The van der Waals surface area contributed by atoms with Crippen molar-refractivity contribution < 1.29 is 18.7 Å². The van der Waals surface area contributed by atoms with Gasteiger partial charge < -0.3 is 25.2 Å². The lowest BCUT2D eigenvalue weighted by molar-refractivity contribution is -0.137. The van der Waals surface area contributed by atoms with Gasteiger partial charge in [-0.25, -0.2) is 14.4 Å². The molecule has 232 valence electrons. The van der Waals surface area contributed by atoms with E-state index in [1.165, 1.54) is 6.07 Å². The van der Waals surface area contributed by atoms with Gasteiger partial charge in [-0.15, -0.1) is 0 Å². The molecule has 2 saturated heterocycles. The number of fused-ring (bicyclic) bond motifs is 1. The van der Waals surface area contributed by atoms with E-state index in [9.17, 15) is 14.0 Å². The SMILES string of the molecule is Cc1cc(Nc2nccn3c(-c4ccc(OCC#N)c(F)c4Cl)cnc23)ccc1C(=O)N1CCC(C(=O)N2CCNCC2)CC1. The predicted octanol–water partition coefficient (Wildman–Crippen LogP) is 4.43. The number of hydrogen-bond acceptors (Lipinski definition) is 8. The molecule has 0 aliphatic carbocycles. The number of likely N-dealkylation sites (tertiary alicyclic amines) is 1. The molecule has 4 heterocycles. The van der Waals surface area contributed by atoms with Crippen molar-refractivity contribution in [3.8, 4) is 23.1 Å². The fourth-order valence-electron chi connectivity index (χ4n) is 5.92. The Morgan fingerprint density at radius 3 is 2.64 bits per heavy atom. The number of rotatable bonds is 7. The molecule has 2 amide bonds. The van der Waals surface area contributed by atoms with E-state index in [0.717, 1.165) is 37.4 Å². The van der Waals surface area contributed by atoms with Gasteiger partial charge in [-0.1, -0.05) is 11.6 Å². The molecule has 2 aliphatic rings. The van der Waals surface area contributed by atoms with Crippen LogP contribution in [0.3, 0.4) is 0 Å². The molecule has 2 aromatic heterocycles. The van der Waals surface area contributed by atoms with Crippen LogP contribution in [-0.4, -0.2) is 81.9 Å². The Hall–Kier alpha value is -4.73. The number of benzene rings is 2. The number of carbonyl (C=O) groups is 2. The number of nitrogens with one attached hydrogen (secondary N) is 2. The Labute approximate surface area is 264 Å². The summed E-state index contributed by atoms with van der Waals surface area (Å²) in [7, 11) is 0. The number of hydrogen-bond donors (Lipinski definition) is 2. The number of aryl methyl sites for hydroxylation is 1. The molecular formula is C32H32ClFN8O3. The monoisotopic (exact) mass is 630 g/mol. The van der Waals surface area contributed by atoms with Crippen molar-refractivity contribution in [3.63, 3.8) is 0 Å². The topological polar surface area (TPSA) is 128 Å². The van der Waals surface area contributed by atoms with Crippen LogP contribution in [0.4, 0.5) is 15.9 Å². The lowest BCUT2D eigenvalue weighted by atomic mass is 9.94. The van der Waals surface area contributed by atoms with Crippen LogP contribution in [0.25, 0.3) is 16.9 Å². The highest BCUT2D eigenvalue weighted by atomic mass is 35.5. The first-order valence-corrected chi connectivity index (χ1v) is 15.2. The van der Waals surface area contributed by atoms with Crippen LogP contribution >= 0.6 is 11.6 Å². The third-order valence-corrected chi connectivity index (χ3v) is 8.69. The van der Waals surface area contributed by atoms with E-state index in [1.54, 1.807) is 41.2 Å². The fourth-order valence-corrected chi connectivity index (χ4v) is 6.17. The van der Waals surface area contributed by atoms with Crippen LogP contribution in [0.5, 0.6) is 5.75 Å². The Kier molecular flexibility index (Phi) is 8.82. The summed E-state index contributed by atoms with van der Waals surface area (Å²) < 4.78 is 21.7. The highest BCUT2D eigenvalue weighted by Crippen LogP contribution is 2.36. The molecule has 0 spiro atoms. The minimum Gasteiger partial charge on any atom is -0.476 e. The van der Waals surface area contributed by atoms with Crippen LogP contribution < -0.4 is 15.4 Å². The van der Waals surface area contributed by atoms with E-state index in [0.29, 0.717) is 54.2 Å². The Bertz CT molecular complexity index is 1790. The Balaban J connectivity index is 1.15. The first-order chi connectivity index (χ1) is 21.9. The number of nitrogens with zero attached hydrogens (tertiary/aromatic N) is 6. The lowest BCUT2D eigenvalue weighted by Gasteiger charge is -2.36. The predicted molar refractivity (Wildman–Crippen MR) is 167 cm³/mol. The molecule has 0 bridgehead atoms. The highest BCUT2D eigenvalue weighted by molar-refractivity contribution is 6.33. The maximum Gasteiger partial charge on any atom is 0.254 e. The van der Waals surface area contributed by atoms with Crippen molar-refractivity contribution in [2.75, 3.05) is 51.2 Å². The van der Waals surface area contributed by atoms with E-state index in [2.05, 4.69) is 20.6 Å². The van der Waals surface area contributed by atoms with E-state index in [-0.39, 0.29) is 35.1 Å². The number of anilines is 2. The minimum atomic E-state index is -0.759. The van der Waals surface area contributed by atoms with Crippen molar-refractivity contribution in [1.82, 2.24) is 29.5 Å². The molecule has 2 N–H and O–H groups in total. The smallest absolute Gasteiger partial charge is 0.254 e. The standard InChI is InChI=1S/C32H32ClFN8O3/c1-20-18-22(2-3-23(20)32(44)40-12-6-21(7-13-40)31(43)41-14-9-36-10-15-41)39-29-30-38-19-25(42(30)16-11-37-29)24-4-5-26(45-17-8-35)28(34)27(24)33/h2-5,11,16,18-19,21,36H,6-7,9-10,12-15,17H2,1H3,(H,37,39). The minimum absolute atomic E-state index is 0.0314. The van der Waals surface area contributed by atoms with Gasteiger partial charge >= 0.3 is 0 Å². The second-order valence-corrected chi connectivity index (χ2v) is 11.5. The molecule has 0 radical (unpaired) electrons. The van der Waals surface area contributed by atoms with Crippen LogP contribution in [-0.2, 0) is 4.79 Å². The van der Waals surface area contributed by atoms with Crippen molar-refractivity contribution in [3.05, 3.63) is 70.9 Å². The normalized spacial score (nSPS) is 15.6. The second-order valence-electron chi connectivity index (χ2n) is 11.1. The molecule has 0 unspecified atom stereocenters. The third-order valence-electron chi connectivity index (χ3n) is 8.32. The summed E-state index contributed by atoms with van der Waals surface area (Å²) in [6.07, 6.45) is 6.21. The fraction of sp³-hybridized carbons (Fsp3) is 0.344. The van der Waals surface area contributed by atoms with Crippen molar-refractivity contribution in [2.45, 2.75) is 19.8 Å². The van der Waals surface area contributed by atoms with E-state index < -0.39 is 5.82 Å². The highest BCUT2D eigenvalue weighted by Gasteiger charge is 2.31. The molecule has 4 aromatic rings. The zero-order chi connectivity index (χ0) is 31.5. The summed E-state index contributed by atoms with van der Waals surface area (Å²) in [5.74, 6) is -0.271. The maximum absolute atomic E-state index is 14.8. The molecule has 2 aromatic carbocycles. The largest absolute Gasteiger partial charge is 0.476 e. The molecule has 11 nitrogen and oxygen atoms in total. The van der Waals surface area contributed by atoms with Crippen molar-refractivity contribution in [1.29, 1.82) is 5.26 Å². The van der Waals surface area contributed by atoms with Gasteiger partial charge in [0, 0.05) is 74.4 Å². The number of imidazole rings is 1. The van der Waals surface area contributed by atoms with Crippen molar-refractivity contribution >= 4 is 40.6 Å². The zero-order valence-corrected chi connectivity index (χ0v) is 25.5. The molecule has 13 heteroatoms. The van der Waals surface area contributed by atoms with Crippen LogP contribution in [0, 0.1) is 30.0 Å². The number of halogens is 2. The molecule has 0 atom stereocenters. The van der Waals surface area contributed by atoms with E-state index in [4.69, 9.17) is 21.6 Å². The summed E-state index contributed by atoms with van der Waals surface area (Å²) in [6, 6.07) is 10.3. The number of piperidine rings is 1. The summed E-state index contributed by atoms with van der Waals surface area (Å²) in [4.78, 5) is 39.1. The van der Waals surface area contributed by atoms with Crippen LogP contribution in [0.2, 0.25) is 5.02 Å².